The number of carbonyl (C=O) groups excluding carboxylic acids is 3. The molecular weight excluding hydrogens is 419 g/mol. The first kappa shape index (κ1) is 22.4. The Labute approximate surface area is 178 Å². The number of Topliss-reactive ketones (excluding diaryl/α,β-unsaturated/α-hetero) is 1. The van der Waals surface area contributed by atoms with Crippen LogP contribution in [0.4, 0.5) is 5.69 Å². The zero-order chi connectivity index (χ0) is 20.7. The van der Waals surface area contributed by atoms with E-state index in [9.17, 15) is 14.4 Å². The number of rotatable bonds is 9. The van der Waals surface area contributed by atoms with Gasteiger partial charge in [0.15, 0.2) is 5.78 Å². The molecule has 0 aliphatic carbocycles. The van der Waals surface area contributed by atoms with Gasteiger partial charge in [0, 0.05) is 29.3 Å². The number of hydrogen-bond acceptors (Lipinski definition) is 4. The van der Waals surface area contributed by atoms with Crippen LogP contribution in [-0.2, 0) is 9.59 Å². The first-order valence-electron chi connectivity index (χ1n) is 8.92. The highest BCUT2D eigenvalue weighted by atomic mass is 35.5. The van der Waals surface area contributed by atoms with Crippen molar-refractivity contribution < 1.29 is 14.4 Å². The Morgan fingerprint density at radius 2 is 1.86 bits per heavy atom. The number of carbonyl (C=O) groups is 3. The van der Waals surface area contributed by atoms with E-state index in [2.05, 4.69) is 5.32 Å². The van der Waals surface area contributed by atoms with Crippen LogP contribution in [0.25, 0.3) is 0 Å². The quantitative estimate of drug-likeness (QED) is 0.544. The van der Waals surface area contributed by atoms with Crippen molar-refractivity contribution in [3.63, 3.8) is 0 Å². The molecule has 1 aromatic heterocycles. The predicted molar refractivity (Wildman–Crippen MR) is 115 cm³/mol. The van der Waals surface area contributed by atoms with Crippen LogP contribution in [0, 0.1) is 6.92 Å². The van der Waals surface area contributed by atoms with Gasteiger partial charge in [-0.25, -0.2) is 0 Å². The van der Waals surface area contributed by atoms with Crippen LogP contribution < -0.4 is 5.32 Å². The van der Waals surface area contributed by atoms with E-state index < -0.39 is 0 Å². The molecule has 1 aromatic carbocycles. The average Bonchev–Trinajstić information content (AvgIpc) is 3.08. The Morgan fingerprint density at radius 3 is 2.50 bits per heavy atom. The van der Waals surface area contributed by atoms with Crippen molar-refractivity contribution in [3.05, 3.63) is 50.1 Å². The number of ketones is 1. The van der Waals surface area contributed by atoms with E-state index in [1.54, 1.807) is 24.3 Å². The zero-order valence-electron chi connectivity index (χ0n) is 15.8. The van der Waals surface area contributed by atoms with E-state index in [-0.39, 0.29) is 37.0 Å². The molecule has 0 saturated carbocycles. The molecule has 150 valence electrons. The second kappa shape index (κ2) is 10.6. The molecule has 0 atom stereocenters. The molecule has 5 nitrogen and oxygen atoms in total. The van der Waals surface area contributed by atoms with Gasteiger partial charge >= 0.3 is 0 Å². The summed E-state index contributed by atoms with van der Waals surface area (Å²) in [5.74, 6) is -0.653. The summed E-state index contributed by atoms with van der Waals surface area (Å²) >= 11 is 13.4. The van der Waals surface area contributed by atoms with Gasteiger partial charge in [-0.3, -0.25) is 14.4 Å². The normalized spacial score (nSPS) is 10.6. The Hall–Kier alpha value is -1.89. The fourth-order valence-electron chi connectivity index (χ4n) is 2.60. The Bertz CT molecular complexity index is 867. The van der Waals surface area contributed by atoms with Gasteiger partial charge in [-0.05, 0) is 43.7 Å². The lowest BCUT2D eigenvalue weighted by atomic mass is 10.1. The molecule has 0 spiro atoms. The molecule has 0 radical (unpaired) electrons. The minimum atomic E-state index is -0.369. The molecule has 1 N–H and O–H groups in total. The fraction of sp³-hybridized carbons (Fsp3) is 0.350. The standard InChI is InChI=1S/C20H22Cl2N2O3S/c1-3-10-24(12-19(26)23-16-11-14(21)5-6-15(16)22)20(27)9-7-17(25)18-8-4-13(2)28-18/h4-6,8,11H,3,7,9-10,12H2,1-2H3,(H,23,26). The number of amides is 2. The predicted octanol–water partition coefficient (Wildman–Crippen LogP) is 5.20. The molecule has 0 fully saturated rings. The third-order valence-electron chi connectivity index (χ3n) is 3.96. The van der Waals surface area contributed by atoms with Gasteiger partial charge in [0.05, 0.1) is 22.1 Å². The zero-order valence-corrected chi connectivity index (χ0v) is 18.1. The lowest BCUT2D eigenvalue weighted by Crippen LogP contribution is -2.38. The SMILES string of the molecule is CCCN(CC(=O)Nc1cc(Cl)ccc1Cl)C(=O)CCC(=O)c1ccc(C)s1. The maximum absolute atomic E-state index is 12.5. The first-order valence-corrected chi connectivity index (χ1v) is 10.5. The average molecular weight is 441 g/mol. The van der Waals surface area contributed by atoms with Crippen LogP contribution in [0.5, 0.6) is 0 Å². The Morgan fingerprint density at radius 1 is 1.11 bits per heavy atom. The van der Waals surface area contributed by atoms with Crippen molar-refractivity contribution in [2.45, 2.75) is 33.1 Å². The number of thiophene rings is 1. The van der Waals surface area contributed by atoms with Crippen molar-refractivity contribution >= 4 is 57.8 Å². The summed E-state index contributed by atoms with van der Waals surface area (Å²) < 4.78 is 0. The third-order valence-corrected chi connectivity index (χ3v) is 5.57. The van der Waals surface area contributed by atoms with E-state index >= 15 is 0 Å². The number of nitrogens with zero attached hydrogens (tertiary/aromatic N) is 1. The number of hydrogen-bond donors (Lipinski definition) is 1. The smallest absolute Gasteiger partial charge is 0.244 e. The maximum atomic E-state index is 12.5. The van der Waals surface area contributed by atoms with Crippen LogP contribution in [0.1, 0.15) is 40.7 Å². The van der Waals surface area contributed by atoms with Crippen LogP contribution in [0.2, 0.25) is 10.0 Å². The van der Waals surface area contributed by atoms with Gasteiger partial charge < -0.3 is 10.2 Å². The van der Waals surface area contributed by atoms with E-state index in [0.717, 1.165) is 4.88 Å². The number of nitrogens with one attached hydrogen (secondary N) is 1. The summed E-state index contributed by atoms with van der Waals surface area (Å²) in [6.07, 6.45) is 0.900. The minimum Gasteiger partial charge on any atom is -0.333 e. The van der Waals surface area contributed by atoms with E-state index in [0.29, 0.717) is 33.6 Å². The van der Waals surface area contributed by atoms with Crippen LogP contribution in [0.3, 0.4) is 0 Å². The molecule has 0 saturated heterocycles. The van der Waals surface area contributed by atoms with Crippen LogP contribution >= 0.6 is 34.5 Å². The van der Waals surface area contributed by atoms with Crippen LogP contribution in [0.15, 0.2) is 30.3 Å². The van der Waals surface area contributed by atoms with Crippen molar-refractivity contribution in [1.29, 1.82) is 0 Å². The topological polar surface area (TPSA) is 66.5 Å². The van der Waals surface area contributed by atoms with Crippen molar-refractivity contribution in [2.75, 3.05) is 18.4 Å². The third kappa shape index (κ3) is 6.62. The molecule has 8 heteroatoms. The summed E-state index contributed by atoms with van der Waals surface area (Å²) in [7, 11) is 0. The van der Waals surface area contributed by atoms with E-state index in [4.69, 9.17) is 23.2 Å². The van der Waals surface area contributed by atoms with Crippen molar-refractivity contribution in [3.8, 4) is 0 Å². The molecule has 0 unspecified atom stereocenters. The Balaban J connectivity index is 1.93. The van der Waals surface area contributed by atoms with Gasteiger partial charge in [-0.2, -0.15) is 0 Å². The second-order valence-corrected chi connectivity index (χ2v) is 8.45. The molecule has 2 aromatic rings. The number of halogens is 2. The van der Waals surface area contributed by atoms with Crippen molar-refractivity contribution in [1.82, 2.24) is 4.90 Å². The first-order chi connectivity index (χ1) is 13.3. The molecule has 0 aliphatic heterocycles. The highest BCUT2D eigenvalue weighted by Gasteiger charge is 2.19. The van der Waals surface area contributed by atoms with Gasteiger partial charge in [0.25, 0.3) is 0 Å². The number of aryl methyl sites for hydroxylation is 1. The molecule has 1 heterocycles. The maximum Gasteiger partial charge on any atom is 0.244 e. The highest BCUT2D eigenvalue weighted by Crippen LogP contribution is 2.25. The molecule has 0 bridgehead atoms. The molecular formula is C20H22Cl2N2O3S. The van der Waals surface area contributed by atoms with Gasteiger partial charge in [-0.15, -0.1) is 11.3 Å². The van der Waals surface area contributed by atoms with E-state index in [1.807, 2.05) is 19.9 Å². The van der Waals surface area contributed by atoms with Gasteiger partial charge in [0.1, 0.15) is 0 Å². The summed E-state index contributed by atoms with van der Waals surface area (Å²) in [4.78, 5) is 40.3. The molecule has 28 heavy (non-hydrogen) atoms. The Kier molecular flexibility index (Phi) is 8.48. The fourth-order valence-corrected chi connectivity index (χ4v) is 3.78. The molecule has 2 amide bonds. The summed E-state index contributed by atoms with van der Waals surface area (Å²) in [6.45, 7) is 4.18. The minimum absolute atomic E-state index is 0.0574. The lowest BCUT2D eigenvalue weighted by Gasteiger charge is -2.21. The number of benzene rings is 1. The second-order valence-electron chi connectivity index (χ2n) is 6.32. The monoisotopic (exact) mass is 440 g/mol. The van der Waals surface area contributed by atoms with Gasteiger partial charge in [0.2, 0.25) is 11.8 Å². The largest absolute Gasteiger partial charge is 0.333 e. The summed E-state index contributed by atoms with van der Waals surface area (Å²) in [6, 6.07) is 8.42. The summed E-state index contributed by atoms with van der Waals surface area (Å²) in [5.41, 5.74) is 0.395. The van der Waals surface area contributed by atoms with E-state index in [1.165, 1.54) is 16.2 Å². The molecule has 0 aliphatic rings. The lowest BCUT2D eigenvalue weighted by molar-refractivity contribution is -0.134. The van der Waals surface area contributed by atoms with Crippen LogP contribution in [-0.4, -0.2) is 35.6 Å². The summed E-state index contributed by atoms with van der Waals surface area (Å²) in [5, 5.41) is 3.49. The highest BCUT2D eigenvalue weighted by molar-refractivity contribution is 7.14. The number of anilines is 1. The van der Waals surface area contributed by atoms with Crippen molar-refractivity contribution in [2.24, 2.45) is 0 Å². The molecule has 2 rings (SSSR count). The van der Waals surface area contributed by atoms with Gasteiger partial charge in [-0.1, -0.05) is 30.1 Å².